The molecule has 0 fully saturated rings. The van der Waals surface area contributed by atoms with E-state index in [0.717, 1.165) is 0 Å². The van der Waals surface area contributed by atoms with Gasteiger partial charge in [0.25, 0.3) is 0 Å². The predicted molar refractivity (Wildman–Crippen MR) is 134 cm³/mol. The SMILES string of the molecule is NC(=O)CCC(N)C(=O)NC(CCC(=O)O)C(=O)NC(CCC(=O)O)C(=O)NC(Cc1ccccc1)C(=O)O. The fourth-order valence-corrected chi connectivity index (χ4v) is 3.38. The third-order valence-corrected chi connectivity index (χ3v) is 5.50. The normalized spacial score (nSPS) is 13.7. The second-order valence-corrected chi connectivity index (χ2v) is 8.69. The Labute approximate surface area is 223 Å². The van der Waals surface area contributed by atoms with Gasteiger partial charge in [0.2, 0.25) is 23.6 Å². The summed E-state index contributed by atoms with van der Waals surface area (Å²) in [5, 5.41) is 34.4. The Morgan fingerprint density at radius 1 is 0.667 bits per heavy atom. The Balaban J connectivity index is 3.05. The highest BCUT2D eigenvalue weighted by Gasteiger charge is 2.31. The third kappa shape index (κ3) is 13.0. The minimum atomic E-state index is -1.53. The molecule has 214 valence electrons. The van der Waals surface area contributed by atoms with Gasteiger partial charge in [0.05, 0.1) is 6.04 Å². The minimum Gasteiger partial charge on any atom is -0.481 e. The third-order valence-electron chi connectivity index (χ3n) is 5.50. The number of carbonyl (C=O) groups is 7. The molecule has 1 rings (SSSR count). The smallest absolute Gasteiger partial charge is 0.326 e. The fraction of sp³-hybridized carbons (Fsp3) is 0.458. The number of hydrogen-bond donors (Lipinski definition) is 8. The maximum atomic E-state index is 13.0. The standard InChI is InChI=1S/C24H33N5O10/c25-14(6-9-18(26)30)21(35)27-15(7-10-19(31)32)22(36)28-16(8-11-20(33)34)23(37)29-17(24(38)39)12-13-4-2-1-3-5-13/h1-5,14-17H,6-12,25H2,(H2,26,30)(H,27,35)(H,28,36)(H,29,37)(H,31,32)(H,33,34)(H,38,39). The van der Waals surface area contributed by atoms with Crippen molar-refractivity contribution < 1.29 is 48.9 Å². The van der Waals surface area contributed by atoms with Crippen molar-refractivity contribution in [3.63, 3.8) is 0 Å². The number of primary amides is 1. The lowest BCUT2D eigenvalue weighted by molar-refractivity contribution is -0.143. The lowest BCUT2D eigenvalue weighted by Gasteiger charge is -2.25. The molecule has 0 spiro atoms. The molecule has 0 aliphatic rings. The number of benzene rings is 1. The molecule has 0 bridgehead atoms. The summed E-state index contributed by atoms with van der Waals surface area (Å²) in [5.74, 6) is -7.56. The van der Waals surface area contributed by atoms with Crippen molar-refractivity contribution >= 4 is 41.5 Å². The zero-order valence-electron chi connectivity index (χ0n) is 21.0. The van der Waals surface area contributed by atoms with Gasteiger partial charge in [-0.05, 0) is 24.8 Å². The molecular formula is C24H33N5O10. The maximum absolute atomic E-state index is 13.0. The summed E-state index contributed by atoms with van der Waals surface area (Å²) in [4.78, 5) is 83.2. The molecule has 1 aromatic rings. The maximum Gasteiger partial charge on any atom is 0.326 e. The van der Waals surface area contributed by atoms with E-state index in [9.17, 15) is 38.7 Å². The van der Waals surface area contributed by atoms with Crippen LogP contribution in [0.1, 0.15) is 44.1 Å². The highest BCUT2D eigenvalue weighted by atomic mass is 16.4. The van der Waals surface area contributed by atoms with Crippen LogP contribution in [0.4, 0.5) is 0 Å². The van der Waals surface area contributed by atoms with Crippen LogP contribution < -0.4 is 27.4 Å². The molecule has 0 saturated heterocycles. The van der Waals surface area contributed by atoms with Gasteiger partial charge in [0, 0.05) is 25.7 Å². The van der Waals surface area contributed by atoms with Crippen LogP contribution in [0.2, 0.25) is 0 Å². The Morgan fingerprint density at radius 3 is 1.56 bits per heavy atom. The average Bonchev–Trinajstić information content (AvgIpc) is 2.86. The molecule has 15 nitrogen and oxygen atoms in total. The average molecular weight is 552 g/mol. The molecule has 0 aliphatic carbocycles. The molecule has 4 unspecified atom stereocenters. The first-order valence-corrected chi connectivity index (χ1v) is 12.0. The number of amides is 4. The summed E-state index contributed by atoms with van der Waals surface area (Å²) in [5.41, 5.74) is 11.3. The van der Waals surface area contributed by atoms with E-state index in [1.807, 2.05) is 0 Å². The van der Waals surface area contributed by atoms with Crippen molar-refractivity contribution in [3.8, 4) is 0 Å². The largest absolute Gasteiger partial charge is 0.481 e. The molecule has 1 aromatic carbocycles. The molecule has 0 heterocycles. The lowest BCUT2D eigenvalue weighted by Crippen LogP contribution is -2.57. The summed E-state index contributed by atoms with van der Waals surface area (Å²) < 4.78 is 0. The Kier molecular flexibility index (Phi) is 13.6. The highest BCUT2D eigenvalue weighted by molar-refractivity contribution is 5.94. The van der Waals surface area contributed by atoms with Crippen molar-refractivity contribution in [1.82, 2.24) is 16.0 Å². The van der Waals surface area contributed by atoms with Crippen molar-refractivity contribution in [2.75, 3.05) is 0 Å². The van der Waals surface area contributed by atoms with Gasteiger partial charge in [-0.25, -0.2) is 4.79 Å². The van der Waals surface area contributed by atoms with Crippen LogP contribution >= 0.6 is 0 Å². The molecule has 4 atom stereocenters. The van der Waals surface area contributed by atoms with E-state index >= 15 is 0 Å². The fourth-order valence-electron chi connectivity index (χ4n) is 3.38. The number of rotatable bonds is 18. The summed E-state index contributed by atoms with van der Waals surface area (Å²) in [7, 11) is 0. The van der Waals surface area contributed by atoms with Crippen molar-refractivity contribution in [2.24, 2.45) is 11.5 Å². The van der Waals surface area contributed by atoms with E-state index in [-0.39, 0.29) is 19.3 Å². The topological polar surface area (TPSA) is 268 Å². The molecule has 39 heavy (non-hydrogen) atoms. The number of carboxylic acids is 3. The minimum absolute atomic E-state index is 0.0952. The second kappa shape index (κ2) is 16.3. The van der Waals surface area contributed by atoms with E-state index in [1.165, 1.54) is 0 Å². The monoisotopic (exact) mass is 551 g/mol. The number of hydrogen-bond acceptors (Lipinski definition) is 8. The van der Waals surface area contributed by atoms with Crippen molar-refractivity contribution in [1.29, 1.82) is 0 Å². The zero-order chi connectivity index (χ0) is 29.5. The van der Waals surface area contributed by atoms with Crippen LogP contribution in [-0.2, 0) is 40.0 Å². The van der Waals surface area contributed by atoms with E-state index in [4.69, 9.17) is 21.7 Å². The highest BCUT2D eigenvalue weighted by Crippen LogP contribution is 2.07. The molecule has 15 heteroatoms. The Hall–Kier alpha value is -4.53. The van der Waals surface area contributed by atoms with Crippen LogP contribution in [0.15, 0.2) is 30.3 Å². The lowest BCUT2D eigenvalue weighted by atomic mass is 10.0. The number of nitrogens with one attached hydrogen (secondary N) is 3. The van der Waals surface area contributed by atoms with Crippen LogP contribution in [0.25, 0.3) is 0 Å². The van der Waals surface area contributed by atoms with Gasteiger partial charge in [-0.15, -0.1) is 0 Å². The van der Waals surface area contributed by atoms with Crippen molar-refractivity contribution in [2.45, 2.75) is 69.1 Å². The number of nitrogens with two attached hydrogens (primary N) is 2. The van der Waals surface area contributed by atoms with Gasteiger partial charge in [-0.3, -0.25) is 28.8 Å². The Morgan fingerprint density at radius 2 is 1.13 bits per heavy atom. The van der Waals surface area contributed by atoms with Crippen LogP contribution in [0.5, 0.6) is 0 Å². The van der Waals surface area contributed by atoms with Gasteiger partial charge in [-0.1, -0.05) is 30.3 Å². The number of aliphatic carboxylic acids is 3. The van der Waals surface area contributed by atoms with Crippen LogP contribution in [0.3, 0.4) is 0 Å². The van der Waals surface area contributed by atoms with E-state index in [1.54, 1.807) is 30.3 Å². The quantitative estimate of drug-likeness (QED) is 0.0997. The van der Waals surface area contributed by atoms with Crippen LogP contribution in [0, 0.1) is 0 Å². The van der Waals surface area contributed by atoms with E-state index in [2.05, 4.69) is 16.0 Å². The molecule has 0 aromatic heterocycles. The van der Waals surface area contributed by atoms with Gasteiger partial charge in [-0.2, -0.15) is 0 Å². The summed E-state index contributed by atoms with van der Waals surface area (Å²) in [6.07, 6.45) is -2.42. The first-order chi connectivity index (χ1) is 18.3. The van der Waals surface area contributed by atoms with Gasteiger partial charge < -0.3 is 42.7 Å². The first-order valence-electron chi connectivity index (χ1n) is 12.0. The molecule has 0 radical (unpaired) electrons. The van der Waals surface area contributed by atoms with E-state index in [0.29, 0.717) is 5.56 Å². The molecule has 0 saturated carbocycles. The molecular weight excluding hydrogens is 518 g/mol. The first kappa shape index (κ1) is 32.5. The molecule has 0 aliphatic heterocycles. The number of carboxylic acid groups (broad SMARTS) is 3. The van der Waals surface area contributed by atoms with Crippen LogP contribution in [-0.4, -0.2) is 81.0 Å². The van der Waals surface area contributed by atoms with E-state index < -0.39 is 91.4 Å². The summed E-state index contributed by atoms with van der Waals surface area (Å²) >= 11 is 0. The van der Waals surface area contributed by atoms with Gasteiger partial charge in [0.15, 0.2) is 0 Å². The molecule has 4 amide bonds. The zero-order valence-corrected chi connectivity index (χ0v) is 21.0. The second-order valence-electron chi connectivity index (χ2n) is 8.69. The van der Waals surface area contributed by atoms with Gasteiger partial charge in [0.1, 0.15) is 18.1 Å². The van der Waals surface area contributed by atoms with Gasteiger partial charge >= 0.3 is 17.9 Å². The summed E-state index contributed by atoms with van der Waals surface area (Å²) in [6.45, 7) is 0. The Bertz CT molecular complexity index is 1050. The number of carbonyl (C=O) groups excluding carboxylic acids is 4. The molecule has 10 N–H and O–H groups in total. The van der Waals surface area contributed by atoms with Crippen molar-refractivity contribution in [3.05, 3.63) is 35.9 Å². The predicted octanol–water partition coefficient (Wildman–Crippen LogP) is -1.91. The summed E-state index contributed by atoms with van der Waals surface area (Å²) in [6, 6.07) is 2.69.